The molecule has 0 N–H and O–H groups in total. The van der Waals surface area contributed by atoms with Crippen molar-refractivity contribution < 1.29 is 18.9 Å². The van der Waals surface area contributed by atoms with Crippen LogP contribution in [0.1, 0.15) is 60.4 Å². The molecule has 2 fully saturated rings. The molecule has 268 valence electrons. The quantitative estimate of drug-likeness (QED) is 0.119. The number of rotatable bonds is 14. The number of hydrogen-bond donors (Lipinski definition) is 0. The molecular formula is C41H46Cl2N4O4. The van der Waals surface area contributed by atoms with Crippen LogP contribution in [0.25, 0.3) is 11.1 Å². The summed E-state index contributed by atoms with van der Waals surface area (Å²) in [6, 6.07) is 20.3. The standard InChI is InChI=1S/C41H46Cl2N4O4/c1-29-8-3-4-14-47(29)26-34-21-37(42)40(22-39(34)50-27-32-20-31(23-44)24-45-25-32)51-28-33-9-5-11-36(41(33)43)35-10-6-12-38(30(35)2)49-17-7-13-46-15-18-48-19-16-46/h5-6,9-12,20-22,24-25,29H,3-4,7-8,13-19,26-28H2,1-2H3/t29-/m1/s1. The van der Waals surface area contributed by atoms with Crippen molar-refractivity contribution in [1.29, 1.82) is 5.26 Å². The van der Waals surface area contributed by atoms with Crippen molar-refractivity contribution in [1.82, 2.24) is 14.8 Å². The van der Waals surface area contributed by atoms with Crippen LogP contribution in [0.2, 0.25) is 10.0 Å². The molecule has 0 radical (unpaired) electrons. The number of hydrogen-bond acceptors (Lipinski definition) is 8. The first-order valence-electron chi connectivity index (χ1n) is 17.9. The number of benzene rings is 3. The van der Waals surface area contributed by atoms with Gasteiger partial charge in [-0.25, -0.2) is 0 Å². The van der Waals surface area contributed by atoms with Gasteiger partial charge in [-0.15, -0.1) is 0 Å². The molecule has 4 aromatic rings. The van der Waals surface area contributed by atoms with Crippen molar-refractivity contribution in [3.8, 4) is 34.4 Å². The molecule has 2 aliphatic heterocycles. The van der Waals surface area contributed by atoms with Crippen LogP contribution in [0.15, 0.2) is 67.0 Å². The van der Waals surface area contributed by atoms with Crippen LogP contribution in [0.5, 0.6) is 17.2 Å². The summed E-state index contributed by atoms with van der Waals surface area (Å²) in [6.07, 6.45) is 7.80. The second-order valence-corrected chi connectivity index (χ2v) is 14.1. The third-order valence-corrected chi connectivity index (χ3v) is 10.5. The molecule has 3 aromatic carbocycles. The van der Waals surface area contributed by atoms with Crippen molar-refractivity contribution in [3.63, 3.8) is 0 Å². The summed E-state index contributed by atoms with van der Waals surface area (Å²) in [5.41, 5.74) is 6.12. The van der Waals surface area contributed by atoms with Crippen LogP contribution >= 0.6 is 23.2 Å². The predicted octanol–water partition coefficient (Wildman–Crippen LogP) is 8.87. The highest BCUT2D eigenvalue weighted by atomic mass is 35.5. The molecule has 1 atom stereocenters. The Hall–Kier alpha value is -3.84. The summed E-state index contributed by atoms with van der Waals surface area (Å²) in [5.74, 6) is 2.06. The van der Waals surface area contributed by atoms with Crippen molar-refractivity contribution in [3.05, 3.63) is 105 Å². The van der Waals surface area contributed by atoms with Gasteiger partial charge in [-0.05, 0) is 69.0 Å². The molecule has 0 spiro atoms. The zero-order valence-corrected chi connectivity index (χ0v) is 31.0. The first-order valence-corrected chi connectivity index (χ1v) is 18.6. The van der Waals surface area contributed by atoms with Gasteiger partial charge in [0.05, 0.1) is 35.4 Å². The van der Waals surface area contributed by atoms with Gasteiger partial charge < -0.3 is 18.9 Å². The monoisotopic (exact) mass is 728 g/mol. The van der Waals surface area contributed by atoms with E-state index in [2.05, 4.69) is 40.8 Å². The number of likely N-dealkylation sites (tertiary alicyclic amines) is 1. The Morgan fingerprint density at radius 2 is 1.69 bits per heavy atom. The summed E-state index contributed by atoms with van der Waals surface area (Å²) in [4.78, 5) is 9.08. The fourth-order valence-corrected chi connectivity index (χ4v) is 7.28. The van der Waals surface area contributed by atoms with Crippen molar-refractivity contribution in [2.24, 2.45) is 0 Å². The second kappa shape index (κ2) is 18.1. The molecule has 10 heteroatoms. The second-order valence-electron chi connectivity index (χ2n) is 13.3. The van der Waals surface area contributed by atoms with Crippen LogP contribution in [0.3, 0.4) is 0 Å². The number of ether oxygens (including phenoxy) is 4. The largest absolute Gasteiger partial charge is 0.493 e. The van der Waals surface area contributed by atoms with Crippen LogP contribution in [-0.2, 0) is 24.5 Å². The zero-order valence-electron chi connectivity index (χ0n) is 29.5. The highest BCUT2D eigenvalue weighted by Crippen LogP contribution is 2.39. The Kier molecular flexibility index (Phi) is 13.1. The molecule has 2 saturated heterocycles. The third-order valence-electron chi connectivity index (χ3n) is 9.76. The van der Waals surface area contributed by atoms with Crippen LogP contribution in [-0.4, -0.2) is 66.8 Å². The van der Waals surface area contributed by atoms with Gasteiger partial charge in [0.2, 0.25) is 0 Å². The highest BCUT2D eigenvalue weighted by molar-refractivity contribution is 6.34. The fraction of sp³-hybridized carbons (Fsp3) is 0.415. The highest BCUT2D eigenvalue weighted by Gasteiger charge is 2.22. The van der Waals surface area contributed by atoms with Gasteiger partial charge in [0.25, 0.3) is 0 Å². The Morgan fingerprint density at radius 1 is 0.882 bits per heavy atom. The number of nitriles is 1. The molecule has 0 bridgehead atoms. The van der Waals surface area contributed by atoms with Gasteiger partial charge in [0.1, 0.15) is 36.5 Å². The lowest BCUT2D eigenvalue weighted by Gasteiger charge is -2.33. The number of halogens is 2. The third kappa shape index (κ3) is 9.73. The Labute approximate surface area is 311 Å². The number of nitrogens with zero attached hydrogens (tertiary/aromatic N) is 4. The SMILES string of the molecule is Cc1c(OCCCN2CCOCC2)cccc1-c1cccc(COc2cc(OCc3cncc(C#N)c3)c(CN3CCCC[C@H]3C)cc2Cl)c1Cl. The Balaban J connectivity index is 1.17. The lowest BCUT2D eigenvalue weighted by Crippen LogP contribution is -2.37. The average molecular weight is 730 g/mol. The molecule has 51 heavy (non-hydrogen) atoms. The lowest BCUT2D eigenvalue weighted by atomic mass is 9.98. The molecule has 0 amide bonds. The summed E-state index contributed by atoms with van der Waals surface area (Å²) in [6.45, 7) is 11.8. The topological polar surface area (TPSA) is 80.1 Å². The van der Waals surface area contributed by atoms with E-state index in [1.54, 1.807) is 18.5 Å². The summed E-state index contributed by atoms with van der Waals surface area (Å²) >= 11 is 14.0. The summed E-state index contributed by atoms with van der Waals surface area (Å²) < 4.78 is 24.4. The van der Waals surface area contributed by atoms with Crippen LogP contribution in [0.4, 0.5) is 0 Å². The number of pyridine rings is 1. The maximum atomic E-state index is 9.34. The minimum atomic E-state index is 0.221. The normalized spacial score (nSPS) is 16.8. The molecule has 0 saturated carbocycles. The van der Waals surface area contributed by atoms with E-state index in [0.29, 0.717) is 39.8 Å². The van der Waals surface area contributed by atoms with E-state index in [0.717, 1.165) is 91.5 Å². The average Bonchev–Trinajstić information content (AvgIpc) is 3.15. The van der Waals surface area contributed by atoms with Gasteiger partial charge in [0, 0.05) is 72.9 Å². The number of aromatic nitrogens is 1. The van der Waals surface area contributed by atoms with Gasteiger partial charge >= 0.3 is 0 Å². The van der Waals surface area contributed by atoms with E-state index in [1.807, 2.05) is 42.5 Å². The van der Waals surface area contributed by atoms with Crippen molar-refractivity contribution >= 4 is 23.2 Å². The van der Waals surface area contributed by atoms with E-state index in [1.165, 1.54) is 19.3 Å². The van der Waals surface area contributed by atoms with E-state index in [4.69, 9.17) is 42.1 Å². The molecule has 0 unspecified atom stereocenters. The first kappa shape index (κ1) is 36.9. The minimum Gasteiger partial charge on any atom is -0.493 e. The van der Waals surface area contributed by atoms with Gasteiger partial charge in [-0.1, -0.05) is 60.0 Å². The zero-order chi connectivity index (χ0) is 35.6. The Bertz CT molecular complexity index is 1820. The molecule has 6 rings (SSSR count). The molecular weight excluding hydrogens is 683 g/mol. The van der Waals surface area contributed by atoms with Gasteiger partial charge in [-0.2, -0.15) is 5.26 Å². The molecule has 3 heterocycles. The molecule has 1 aromatic heterocycles. The number of morpholine rings is 1. The van der Waals surface area contributed by atoms with Crippen molar-refractivity contribution in [2.45, 2.75) is 65.3 Å². The maximum Gasteiger partial charge on any atom is 0.142 e. The van der Waals surface area contributed by atoms with Gasteiger partial charge in [0.15, 0.2) is 0 Å². The first-order chi connectivity index (χ1) is 24.9. The maximum absolute atomic E-state index is 9.34. The predicted molar refractivity (Wildman–Crippen MR) is 202 cm³/mol. The summed E-state index contributed by atoms with van der Waals surface area (Å²) in [7, 11) is 0. The molecule has 2 aliphatic rings. The van der Waals surface area contributed by atoms with Crippen LogP contribution in [0, 0.1) is 18.3 Å². The summed E-state index contributed by atoms with van der Waals surface area (Å²) in [5, 5.41) is 10.5. The van der Waals surface area contributed by atoms with E-state index in [-0.39, 0.29) is 13.2 Å². The van der Waals surface area contributed by atoms with E-state index >= 15 is 0 Å². The lowest BCUT2D eigenvalue weighted by molar-refractivity contribution is 0.0358. The fourth-order valence-electron chi connectivity index (χ4n) is 6.76. The van der Waals surface area contributed by atoms with E-state index in [9.17, 15) is 5.26 Å². The minimum absolute atomic E-state index is 0.221. The molecule has 0 aliphatic carbocycles. The van der Waals surface area contributed by atoms with E-state index < -0.39 is 0 Å². The van der Waals surface area contributed by atoms with Gasteiger partial charge in [-0.3, -0.25) is 14.8 Å². The molecule has 8 nitrogen and oxygen atoms in total. The van der Waals surface area contributed by atoms with Crippen molar-refractivity contribution in [2.75, 3.05) is 46.0 Å². The number of piperidine rings is 1. The van der Waals surface area contributed by atoms with Crippen LogP contribution < -0.4 is 14.2 Å². The Morgan fingerprint density at radius 3 is 2.51 bits per heavy atom. The smallest absolute Gasteiger partial charge is 0.142 e.